The van der Waals surface area contributed by atoms with Gasteiger partial charge in [0.25, 0.3) is 0 Å². The summed E-state index contributed by atoms with van der Waals surface area (Å²) < 4.78 is 5.52. The van der Waals surface area contributed by atoms with Crippen LogP contribution in [0.25, 0.3) is 0 Å². The lowest BCUT2D eigenvalue weighted by molar-refractivity contribution is 0.415. The zero-order valence-corrected chi connectivity index (χ0v) is 19.0. The largest absolute Gasteiger partial charge is 0.495 e. The van der Waals surface area contributed by atoms with Gasteiger partial charge in [0.1, 0.15) is 10.8 Å². The summed E-state index contributed by atoms with van der Waals surface area (Å²) in [6.07, 6.45) is 1.06. The second kappa shape index (κ2) is 9.48. The molecule has 3 rings (SSSR count). The summed E-state index contributed by atoms with van der Waals surface area (Å²) in [4.78, 5) is 11.9. The molecule has 2 N–H and O–H groups in total. The first-order chi connectivity index (χ1) is 13.9. The zero-order valence-electron chi connectivity index (χ0n) is 18.2. The summed E-state index contributed by atoms with van der Waals surface area (Å²) in [6, 6.07) is 8.55. The minimum atomic E-state index is 0.0764. The van der Waals surface area contributed by atoms with Crippen LogP contribution in [0.1, 0.15) is 44.8 Å². The first-order valence-corrected chi connectivity index (χ1v) is 11.2. The van der Waals surface area contributed by atoms with E-state index in [1.54, 1.807) is 18.4 Å². The first kappa shape index (κ1) is 21.4. The SMILES string of the molecule is CCNC(=NCc1nc(C(C)(C)C)cs1)NC1CCN(c2ccccc2OC)C1. The topological polar surface area (TPSA) is 61.8 Å². The highest BCUT2D eigenvalue weighted by Gasteiger charge is 2.25. The van der Waals surface area contributed by atoms with E-state index >= 15 is 0 Å². The summed E-state index contributed by atoms with van der Waals surface area (Å²) in [6.45, 7) is 12.0. The van der Waals surface area contributed by atoms with Gasteiger partial charge >= 0.3 is 0 Å². The Bertz CT molecular complexity index is 827. The number of para-hydroxylation sites is 2. The predicted octanol–water partition coefficient (Wildman–Crippen LogP) is 3.78. The second-order valence-corrected chi connectivity index (χ2v) is 9.26. The summed E-state index contributed by atoms with van der Waals surface area (Å²) in [5.41, 5.74) is 2.36. The van der Waals surface area contributed by atoms with Crippen molar-refractivity contribution in [2.75, 3.05) is 31.6 Å². The Kier molecular flexibility index (Phi) is 7.00. The van der Waals surface area contributed by atoms with E-state index in [9.17, 15) is 0 Å². The Morgan fingerprint density at radius 3 is 2.83 bits per heavy atom. The molecule has 7 heteroatoms. The van der Waals surface area contributed by atoms with Crippen LogP contribution >= 0.6 is 11.3 Å². The van der Waals surface area contributed by atoms with Crippen molar-refractivity contribution in [1.82, 2.24) is 15.6 Å². The Balaban J connectivity index is 1.62. The van der Waals surface area contributed by atoms with E-state index < -0.39 is 0 Å². The number of methoxy groups -OCH3 is 1. The lowest BCUT2D eigenvalue weighted by atomic mass is 9.93. The van der Waals surface area contributed by atoms with Gasteiger partial charge in [-0.2, -0.15) is 0 Å². The quantitative estimate of drug-likeness (QED) is 0.555. The molecule has 2 heterocycles. The molecular formula is C22H33N5OS. The number of rotatable bonds is 6. The van der Waals surface area contributed by atoms with Gasteiger partial charge in [-0.15, -0.1) is 11.3 Å². The number of hydrogen-bond acceptors (Lipinski definition) is 5. The molecule has 1 aliphatic heterocycles. The molecule has 1 fully saturated rings. The van der Waals surface area contributed by atoms with Gasteiger partial charge in [-0.3, -0.25) is 0 Å². The number of nitrogens with zero attached hydrogens (tertiary/aromatic N) is 3. The van der Waals surface area contributed by atoms with Crippen molar-refractivity contribution in [3.63, 3.8) is 0 Å². The lowest BCUT2D eigenvalue weighted by Crippen LogP contribution is -2.44. The van der Waals surface area contributed by atoms with Gasteiger partial charge in [0, 0.05) is 36.5 Å². The van der Waals surface area contributed by atoms with Crippen LogP contribution in [0.3, 0.4) is 0 Å². The molecule has 0 radical (unpaired) electrons. The molecule has 1 saturated heterocycles. The molecular weight excluding hydrogens is 382 g/mol. The van der Waals surface area contributed by atoms with Crippen molar-refractivity contribution in [3.8, 4) is 5.75 Å². The number of anilines is 1. The molecule has 0 aliphatic carbocycles. The molecule has 29 heavy (non-hydrogen) atoms. The molecule has 1 unspecified atom stereocenters. The Hall–Kier alpha value is -2.28. The van der Waals surface area contributed by atoms with Crippen molar-refractivity contribution in [3.05, 3.63) is 40.3 Å². The standard InChI is InChI=1S/C22H33N5OS/c1-6-23-21(24-13-20-26-19(15-29-20)22(2,3)4)25-16-11-12-27(14-16)17-9-7-8-10-18(17)28-5/h7-10,15-16H,6,11-14H2,1-5H3,(H2,23,24,25). The number of benzene rings is 1. The van der Waals surface area contributed by atoms with Gasteiger partial charge in [-0.1, -0.05) is 32.9 Å². The summed E-state index contributed by atoms with van der Waals surface area (Å²) >= 11 is 1.69. The fourth-order valence-electron chi connectivity index (χ4n) is 3.38. The maximum Gasteiger partial charge on any atom is 0.191 e. The minimum Gasteiger partial charge on any atom is -0.495 e. The number of ether oxygens (including phenoxy) is 1. The molecule has 0 bridgehead atoms. The molecule has 1 atom stereocenters. The van der Waals surface area contributed by atoms with E-state index in [-0.39, 0.29) is 5.41 Å². The Morgan fingerprint density at radius 2 is 2.14 bits per heavy atom. The highest BCUT2D eigenvalue weighted by Crippen LogP contribution is 2.30. The third kappa shape index (κ3) is 5.63. The first-order valence-electron chi connectivity index (χ1n) is 10.3. The molecule has 6 nitrogen and oxygen atoms in total. The molecule has 1 aromatic carbocycles. The monoisotopic (exact) mass is 415 g/mol. The molecule has 0 amide bonds. The van der Waals surface area contributed by atoms with Crippen molar-refractivity contribution in [2.45, 2.75) is 52.1 Å². The maximum absolute atomic E-state index is 5.52. The number of aromatic nitrogens is 1. The van der Waals surface area contributed by atoms with Crippen LogP contribution in [0.5, 0.6) is 5.75 Å². The molecule has 1 aromatic heterocycles. The normalized spacial score (nSPS) is 17.5. The minimum absolute atomic E-state index is 0.0764. The number of aliphatic imine (C=N–C) groups is 1. The van der Waals surface area contributed by atoms with E-state index in [4.69, 9.17) is 14.7 Å². The highest BCUT2D eigenvalue weighted by atomic mass is 32.1. The van der Waals surface area contributed by atoms with Gasteiger partial charge in [0.05, 0.1) is 25.0 Å². The van der Waals surface area contributed by atoms with Gasteiger partial charge in [-0.05, 0) is 25.5 Å². The molecule has 158 valence electrons. The highest BCUT2D eigenvalue weighted by molar-refractivity contribution is 7.09. The number of hydrogen-bond donors (Lipinski definition) is 2. The fourth-order valence-corrected chi connectivity index (χ4v) is 4.32. The number of thiazole rings is 1. The average Bonchev–Trinajstić information content (AvgIpc) is 3.35. The lowest BCUT2D eigenvalue weighted by Gasteiger charge is -2.22. The smallest absolute Gasteiger partial charge is 0.191 e. The fraction of sp³-hybridized carbons (Fsp3) is 0.545. The number of nitrogens with one attached hydrogen (secondary N) is 2. The van der Waals surface area contributed by atoms with Crippen LogP contribution in [0.2, 0.25) is 0 Å². The molecule has 0 spiro atoms. The number of guanidine groups is 1. The van der Waals surface area contributed by atoms with E-state index in [1.807, 2.05) is 12.1 Å². The van der Waals surface area contributed by atoms with E-state index in [0.717, 1.165) is 54.2 Å². The Morgan fingerprint density at radius 1 is 1.34 bits per heavy atom. The second-order valence-electron chi connectivity index (χ2n) is 8.32. The van der Waals surface area contributed by atoms with Gasteiger partial charge in [0.2, 0.25) is 0 Å². The molecule has 1 aliphatic rings. The van der Waals surface area contributed by atoms with Crippen LogP contribution in [0.15, 0.2) is 34.6 Å². The zero-order chi connectivity index (χ0) is 20.9. The average molecular weight is 416 g/mol. The third-order valence-electron chi connectivity index (χ3n) is 4.99. The van der Waals surface area contributed by atoms with Crippen LogP contribution in [-0.2, 0) is 12.0 Å². The van der Waals surface area contributed by atoms with Crippen molar-refractivity contribution >= 4 is 23.0 Å². The van der Waals surface area contributed by atoms with Crippen LogP contribution < -0.4 is 20.3 Å². The van der Waals surface area contributed by atoms with Crippen LogP contribution in [0, 0.1) is 0 Å². The third-order valence-corrected chi connectivity index (χ3v) is 5.83. The summed E-state index contributed by atoms with van der Waals surface area (Å²) in [7, 11) is 1.73. The Labute approximate surface area is 178 Å². The van der Waals surface area contributed by atoms with Gasteiger partial charge < -0.3 is 20.3 Å². The van der Waals surface area contributed by atoms with Gasteiger partial charge in [-0.25, -0.2) is 9.98 Å². The van der Waals surface area contributed by atoms with Crippen molar-refractivity contribution in [1.29, 1.82) is 0 Å². The van der Waals surface area contributed by atoms with Crippen LogP contribution in [0.4, 0.5) is 5.69 Å². The van der Waals surface area contributed by atoms with Crippen molar-refractivity contribution in [2.24, 2.45) is 4.99 Å². The van der Waals surface area contributed by atoms with Gasteiger partial charge in [0.15, 0.2) is 5.96 Å². The van der Waals surface area contributed by atoms with Crippen LogP contribution in [-0.4, -0.2) is 43.7 Å². The van der Waals surface area contributed by atoms with E-state index in [0.29, 0.717) is 12.6 Å². The van der Waals surface area contributed by atoms with E-state index in [2.05, 4.69) is 60.7 Å². The van der Waals surface area contributed by atoms with Crippen molar-refractivity contribution < 1.29 is 4.74 Å². The summed E-state index contributed by atoms with van der Waals surface area (Å²) in [5.74, 6) is 1.78. The molecule has 2 aromatic rings. The molecule has 0 saturated carbocycles. The summed E-state index contributed by atoms with van der Waals surface area (Å²) in [5, 5.41) is 10.2. The maximum atomic E-state index is 5.52. The van der Waals surface area contributed by atoms with E-state index in [1.165, 1.54) is 0 Å². The predicted molar refractivity (Wildman–Crippen MR) is 122 cm³/mol.